The second kappa shape index (κ2) is 7.17. The van der Waals surface area contributed by atoms with Crippen LogP contribution in [0, 0.1) is 5.92 Å². The summed E-state index contributed by atoms with van der Waals surface area (Å²) < 4.78 is 8.01. The van der Waals surface area contributed by atoms with Crippen molar-refractivity contribution in [2.24, 2.45) is 5.92 Å². The van der Waals surface area contributed by atoms with Gasteiger partial charge in [-0.3, -0.25) is 0 Å². The molecule has 0 heterocycles. The van der Waals surface area contributed by atoms with Gasteiger partial charge in [-0.2, -0.15) is 0 Å². The Morgan fingerprint density at radius 3 is 2.17 bits per heavy atom. The minimum atomic E-state index is -1.90. The van der Waals surface area contributed by atoms with Crippen LogP contribution in [0.2, 0.25) is 0 Å². The number of hydrogen-bond donors (Lipinski definition) is 0. The van der Waals surface area contributed by atoms with Crippen molar-refractivity contribution >= 4 is 29.1 Å². The second-order valence-corrected chi connectivity index (χ2v) is 12.6. The van der Waals surface area contributed by atoms with Gasteiger partial charge in [-0.1, -0.05) is 0 Å². The first-order valence-electron chi connectivity index (χ1n) is 5.98. The van der Waals surface area contributed by atoms with Gasteiger partial charge >= 0.3 is 107 Å². The summed E-state index contributed by atoms with van der Waals surface area (Å²) >= 11 is -1.90. The fourth-order valence-corrected chi connectivity index (χ4v) is 11.3. The third-order valence-corrected chi connectivity index (χ3v) is 13.5. The standard InChI is InChI=1S/C9H13.C5H5.CH2.2ClH.Hf/c1-6-5-7(2)9(4)8(6)3;1-2-4-5-3-1;;;;/h6H,1-4H3;1-3H,4H2;1H2;2*1H;. The fraction of sp³-hybridized carbons (Fsp3) is 0.400. The van der Waals surface area contributed by atoms with Crippen molar-refractivity contribution in [2.45, 2.75) is 34.1 Å². The molecule has 0 bridgehead atoms. The third kappa shape index (κ3) is 3.05. The molecule has 1 unspecified atom stereocenters. The summed E-state index contributed by atoms with van der Waals surface area (Å²) in [4.78, 5) is 0. The fourth-order valence-electron chi connectivity index (χ4n) is 2.70. The Balaban J connectivity index is 0.00000144. The molecule has 0 saturated heterocycles. The van der Waals surface area contributed by atoms with Crippen LogP contribution < -0.4 is 0 Å². The zero-order chi connectivity index (χ0) is 11.9. The van der Waals surface area contributed by atoms with Crippen LogP contribution in [0.25, 0.3) is 0 Å². The van der Waals surface area contributed by atoms with Crippen molar-refractivity contribution in [1.82, 2.24) is 0 Å². The zero-order valence-electron chi connectivity index (χ0n) is 11.5. The second-order valence-electron chi connectivity index (χ2n) is 4.87. The Morgan fingerprint density at radius 2 is 1.78 bits per heavy atom. The minimum absolute atomic E-state index is 0. The summed E-state index contributed by atoms with van der Waals surface area (Å²) in [6.07, 6.45) is 7.97. The molecule has 2 aliphatic rings. The van der Waals surface area contributed by atoms with E-state index in [0.717, 1.165) is 0 Å². The van der Waals surface area contributed by atoms with Gasteiger partial charge in [-0.05, 0) is 0 Å². The molecular weight excluding hydrogens is 430 g/mol. The van der Waals surface area contributed by atoms with Crippen LogP contribution in [-0.4, -0.2) is 4.26 Å². The van der Waals surface area contributed by atoms with E-state index in [2.05, 4.69) is 50.2 Å². The molecule has 0 amide bonds. The van der Waals surface area contributed by atoms with Crippen LogP contribution >= 0.6 is 24.8 Å². The van der Waals surface area contributed by atoms with E-state index in [9.17, 15) is 0 Å². The van der Waals surface area contributed by atoms with Gasteiger partial charge in [0, 0.05) is 0 Å². The van der Waals surface area contributed by atoms with Gasteiger partial charge in [-0.15, -0.1) is 24.8 Å². The van der Waals surface area contributed by atoms with Gasteiger partial charge in [0.05, 0.1) is 0 Å². The first kappa shape index (κ1) is 18.3. The van der Waals surface area contributed by atoms with E-state index in [1.807, 2.05) is 0 Å². The van der Waals surface area contributed by atoms with E-state index in [-0.39, 0.29) is 24.8 Å². The summed E-state index contributed by atoms with van der Waals surface area (Å²) in [5.74, 6) is 0.668. The van der Waals surface area contributed by atoms with Gasteiger partial charge in [0.1, 0.15) is 0 Å². The Bertz CT molecular complexity index is 479. The first-order valence-corrected chi connectivity index (χ1v) is 12.1. The van der Waals surface area contributed by atoms with Gasteiger partial charge < -0.3 is 0 Å². The van der Waals surface area contributed by atoms with E-state index >= 15 is 0 Å². The molecular formula is C15H22Cl2Hf. The Morgan fingerprint density at radius 1 is 1.17 bits per heavy atom. The molecule has 2 rings (SSSR count). The van der Waals surface area contributed by atoms with Crippen molar-refractivity contribution in [1.29, 1.82) is 0 Å². The monoisotopic (exact) mass is 452 g/mol. The first-order chi connectivity index (χ1) is 7.54. The van der Waals surface area contributed by atoms with E-state index in [4.69, 9.17) is 0 Å². The molecule has 0 fully saturated rings. The van der Waals surface area contributed by atoms with Crippen LogP contribution in [0.15, 0.2) is 41.6 Å². The van der Waals surface area contributed by atoms with Crippen molar-refractivity contribution in [3.05, 3.63) is 41.6 Å². The third-order valence-electron chi connectivity index (χ3n) is 4.12. The van der Waals surface area contributed by atoms with E-state index in [1.54, 1.807) is 17.8 Å². The van der Waals surface area contributed by atoms with Crippen molar-refractivity contribution in [2.75, 3.05) is 0 Å². The molecule has 0 spiro atoms. The van der Waals surface area contributed by atoms with Crippen LogP contribution in [-0.2, 0) is 21.0 Å². The zero-order valence-corrected chi connectivity index (χ0v) is 16.8. The molecule has 0 aromatic heterocycles. The molecule has 0 N–H and O–H groups in total. The van der Waals surface area contributed by atoms with E-state index < -0.39 is 21.0 Å². The summed E-state index contributed by atoms with van der Waals surface area (Å²) in [5, 5.41) is 0. The maximum atomic E-state index is 4.59. The number of allylic oxidation sites excluding steroid dienone is 8. The van der Waals surface area contributed by atoms with E-state index in [0.29, 0.717) is 5.92 Å². The van der Waals surface area contributed by atoms with Crippen LogP contribution in [0.1, 0.15) is 34.1 Å². The molecule has 18 heavy (non-hydrogen) atoms. The summed E-state index contributed by atoms with van der Waals surface area (Å²) in [7, 11) is 0. The molecule has 0 radical (unpaired) electrons. The van der Waals surface area contributed by atoms with Crippen molar-refractivity contribution in [3.63, 3.8) is 0 Å². The molecule has 0 saturated carbocycles. The quantitative estimate of drug-likeness (QED) is 0.519. The average Bonchev–Trinajstić information content (AvgIpc) is 2.84. The molecule has 0 aliphatic heterocycles. The van der Waals surface area contributed by atoms with Gasteiger partial charge in [0.2, 0.25) is 0 Å². The van der Waals surface area contributed by atoms with Crippen LogP contribution in [0.5, 0.6) is 0 Å². The normalized spacial score (nSPS) is 21.8. The van der Waals surface area contributed by atoms with Crippen LogP contribution in [0.3, 0.4) is 0 Å². The van der Waals surface area contributed by atoms with Gasteiger partial charge in [-0.25, -0.2) is 0 Å². The SMILES string of the molecule is Cl.Cl.[CH2]=[Hf]([C]1=CC=CC1)[C]1=C(C)C(C)=C(C)C1C. The van der Waals surface area contributed by atoms with Crippen molar-refractivity contribution < 1.29 is 21.0 Å². The maximum absolute atomic E-state index is 4.59. The van der Waals surface area contributed by atoms with Gasteiger partial charge in [0.25, 0.3) is 0 Å². The molecule has 0 aromatic carbocycles. The number of hydrogen-bond acceptors (Lipinski definition) is 0. The molecule has 1 atom stereocenters. The number of rotatable bonds is 2. The molecule has 100 valence electrons. The van der Waals surface area contributed by atoms with E-state index in [1.165, 1.54) is 12.0 Å². The Labute approximate surface area is 131 Å². The summed E-state index contributed by atoms with van der Waals surface area (Å²) in [6.45, 7) is 9.23. The summed E-state index contributed by atoms with van der Waals surface area (Å²) in [5.41, 5.74) is 4.67. The van der Waals surface area contributed by atoms with Crippen molar-refractivity contribution in [3.8, 4) is 0 Å². The summed E-state index contributed by atoms with van der Waals surface area (Å²) in [6, 6.07) is 0. The van der Waals surface area contributed by atoms with Gasteiger partial charge in [0.15, 0.2) is 0 Å². The van der Waals surface area contributed by atoms with Crippen LogP contribution in [0.4, 0.5) is 0 Å². The Kier molecular flexibility index (Phi) is 7.28. The predicted octanol–water partition coefficient (Wildman–Crippen LogP) is 4.98. The Hall–Kier alpha value is 0.280. The molecule has 0 aromatic rings. The average molecular weight is 452 g/mol. The topological polar surface area (TPSA) is 0 Å². The molecule has 2 aliphatic carbocycles. The number of halogens is 2. The molecule has 3 heteroatoms. The molecule has 0 nitrogen and oxygen atoms in total. The predicted molar refractivity (Wildman–Crippen MR) is 83.7 cm³/mol.